The van der Waals surface area contributed by atoms with E-state index in [9.17, 15) is 4.79 Å². The second kappa shape index (κ2) is 9.77. The molecule has 1 aliphatic rings. The zero-order valence-corrected chi connectivity index (χ0v) is 19.5. The van der Waals surface area contributed by atoms with E-state index in [2.05, 4.69) is 25.4 Å². The van der Waals surface area contributed by atoms with Crippen molar-refractivity contribution in [2.75, 3.05) is 30.8 Å². The molecule has 1 amide bonds. The summed E-state index contributed by atoms with van der Waals surface area (Å²) in [7, 11) is 0. The number of anilines is 2. The molecule has 0 saturated heterocycles. The molecular formula is C25H28N8O2. The molecule has 4 heterocycles. The number of nitrogens with zero attached hydrogens (tertiary/aromatic N) is 5. The van der Waals surface area contributed by atoms with Crippen LogP contribution in [0.2, 0.25) is 0 Å². The van der Waals surface area contributed by atoms with Crippen molar-refractivity contribution in [3.05, 3.63) is 60.3 Å². The quantitative estimate of drug-likeness (QED) is 0.315. The number of nitrogen functional groups attached to an aromatic ring is 1. The van der Waals surface area contributed by atoms with Gasteiger partial charge in [-0.15, -0.1) is 0 Å². The molecule has 10 nitrogen and oxygen atoms in total. The summed E-state index contributed by atoms with van der Waals surface area (Å²) in [6.07, 6.45) is 9.76. The molecule has 35 heavy (non-hydrogen) atoms. The summed E-state index contributed by atoms with van der Waals surface area (Å²) in [6.45, 7) is 4.26. The summed E-state index contributed by atoms with van der Waals surface area (Å²) >= 11 is 0. The van der Waals surface area contributed by atoms with Gasteiger partial charge in [-0.25, -0.2) is 9.97 Å². The molecule has 5 N–H and O–H groups in total. The molecule has 1 fully saturated rings. The molecule has 10 heteroatoms. The van der Waals surface area contributed by atoms with E-state index in [-0.39, 0.29) is 17.7 Å². The Balaban J connectivity index is 1.26. The summed E-state index contributed by atoms with van der Waals surface area (Å²) in [6, 6.07) is 5.71. The number of pyridine rings is 3. The number of nitrogens with two attached hydrogens (primary N) is 2. The van der Waals surface area contributed by atoms with Gasteiger partial charge in [0, 0.05) is 48.2 Å². The lowest BCUT2D eigenvalue weighted by Crippen LogP contribution is -2.15. The monoisotopic (exact) mass is 472 g/mol. The zero-order valence-electron chi connectivity index (χ0n) is 19.5. The molecule has 0 bridgehead atoms. The van der Waals surface area contributed by atoms with Crippen LogP contribution < -0.4 is 16.8 Å². The van der Waals surface area contributed by atoms with Gasteiger partial charge in [-0.05, 0) is 54.0 Å². The van der Waals surface area contributed by atoms with Crippen molar-refractivity contribution in [1.29, 1.82) is 0 Å². The van der Waals surface area contributed by atoms with Gasteiger partial charge in [0.2, 0.25) is 5.91 Å². The van der Waals surface area contributed by atoms with Crippen LogP contribution in [0.4, 0.5) is 11.6 Å². The third-order valence-corrected chi connectivity index (χ3v) is 6.25. The number of ether oxygens (including phenoxy) is 1. The van der Waals surface area contributed by atoms with Crippen molar-refractivity contribution in [3.8, 4) is 11.3 Å². The van der Waals surface area contributed by atoms with Crippen molar-refractivity contribution < 1.29 is 9.53 Å². The number of aromatic nitrogens is 5. The molecule has 0 aliphatic heterocycles. The van der Waals surface area contributed by atoms with Crippen LogP contribution >= 0.6 is 0 Å². The van der Waals surface area contributed by atoms with Gasteiger partial charge >= 0.3 is 0 Å². The number of carbonyl (C=O) groups excluding carboxylic acids is 1. The first-order valence-electron chi connectivity index (χ1n) is 11.6. The second-order valence-electron chi connectivity index (χ2n) is 8.75. The summed E-state index contributed by atoms with van der Waals surface area (Å²) in [5, 5.41) is 8.92. The first-order chi connectivity index (χ1) is 17.0. The minimum atomic E-state index is -0.102. The third-order valence-electron chi connectivity index (χ3n) is 6.25. The van der Waals surface area contributed by atoms with Gasteiger partial charge in [-0.1, -0.05) is 0 Å². The Kier molecular flexibility index (Phi) is 6.39. The Morgan fingerprint density at radius 3 is 2.97 bits per heavy atom. The predicted molar refractivity (Wildman–Crippen MR) is 133 cm³/mol. The fourth-order valence-electron chi connectivity index (χ4n) is 4.22. The highest BCUT2D eigenvalue weighted by Crippen LogP contribution is 2.47. The molecular weight excluding hydrogens is 444 g/mol. The van der Waals surface area contributed by atoms with Crippen LogP contribution in [0.5, 0.6) is 0 Å². The van der Waals surface area contributed by atoms with Gasteiger partial charge in [0.25, 0.3) is 0 Å². The van der Waals surface area contributed by atoms with Crippen LogP contribution in [0.3, 0.4) is 0 Å². The summed E-state index contributed by atoms with van der Waals surface area (Å²) in [4.78, 5) is 26.0. The summed E-state index contributed by atoms with van der Waals surface area (Å²) in [5.74, 6) is 0.884. The van der Waals surface area contributed by atoms with Crippen molar-refractivity contribution in [3.63, 3.8) is 0 Å². The third kappa shape index (κ3) is 4.98. The van der Waals surface area contributed by atoms with Crippen LogP contribution in [-0.2, 0) is 16.1 Å². The fraction of sp³-hybridized carbons (Fsp3) is 0.320. The molecule has 2 atom stereocenters. The molecule has 5 rings (SSSR count). The molecule has 1 saturated carbocycles. The first-order valence-corrected chi connectivity index (χ1v) is 11.6. The van der Waals surface area contributed by atoms with E-state index in [1.54, 1.807) is 18.6 Å². The maximum absolute atomic E-state index is 12.9. The standard InChI is InChI=1S/C25H28N8O2/c1-15-2-4-28-12-20(15)22-8-16-9-23(29-13-21(16)24(27)31-22)32-25(34)19-10-18(19)17-11-30-33(14-17)5-7-35-6-3-26/h2,4,8-9,11-14,18-19H,3,5-7,10,26H2,1H3,(H2,27,31)(H,29,32,34)/t18-,19+/m1/s1. The minimum absolute atomic E-state index is 0.0498. The molecule has 0 unspecified atom stereocenters. The van der Waals surface area contributed by atoms with Gasteiger partial charge in [0.05, 0.1) is 31.6 Å². The van der Waals surface area contributed by atoms with Crippen LogP contribution in [-0.4, -0.2) is 50.4 Å². The van der Waals surface area contributed by atoms with Gasteiger partial charge in [-0.3, -0.25) is 14.5 Å². The van der Waals surface area contributed by atoms with E-state index in [1.807, 2.05) is 42.2 Å². The Labute approximate surface area is 202 Å². The van der Waals surface area contributed by atoms with Crippen molar-refractivity contribution in [2.24, 2.45) is 11.7 Å². The van der Waals surface area contributed by atoms with Crippen LogP contribution in [0.15, 0.2) is 49.2 Å². The van der Waals surface area contributed by atoms with E-state index < -0.39 is 0 Å². The van der Waals surface area contributed by atoms with Gasteiger partial charge in [0.15, 0.2) is 0 Å². The van der Waals surface area contributed by atoms with Gasteiger partial charge in [-0.2, -0.15) is 5.10 Å². The highest BCUT2D eigenvalue weighted by molar-refractivity contribution is 5.98. The molecule has 0 spiro atoms. The van der Waals surface area contributed by atoms with E-state index in [0.717, 1.165) is 39.6 Å². The van der Waals surface area contributed by atoms with E-state index >= 15 is 0 Å². The van der Waals surface area contributed by atoms with Crippen molar-refractivity contribution >= 4 is 28.3 Å². The smallest absolute Gasteiger partial charge is 0.229 e. The normalized spacial score (nSPS) is 17.0. The Morgan fingerprint density at radius 1 is 1.26 bits per heavy atom. The van der Waals surface area contributed by atoms with E-state index in [4.69, 9.17) is 16.2 Å². The number of aryl methyl sites for hydroxylation is 1. The SMILES string of the molecule is Cc1ccncc1-c1cc2cc(NC(=O)[C@H]3C[C@@H]3c3cnn(CCOCCN)c3)ncc2c(N)n1. The number of carbonyl (C=O) groups is 1. The lowest BCUT2D eigenvalue weighted by Gasteiger charge is -2.10. The topological polar surface area (TPSA) is 147 Å². The number of fused-ring (bicyclic) bond motifs is 1. The summed E-state index contributed by atoms with van der Waals surface area (Å²) in [5.41, 5.74) is 15.4. The lowest BCUT2D eigenvalue weighted by atomic mass is 10.1. The average molecular weight is 473 g/mol. The van der Waals surface area contributed by atoms with Crippen LogP contribution in [0.25, 0.3) is 22.0 Å². The van der Waals surface area contributed by atoms with E-state index in [0.29, 0.717) is 37.9 Å². The molecule has 0 aromatic carbocycles. The molecule has 4 aromatic rings. The average Bonchev–Trinajstić information content (AvgIpc) is 3.52. The summed E-state index contributed by atoms with van der Waals surface area (Å²) < 4.78 is 7.24. The zero-order chi connectivity index (χ0) is 24.4. The highest BCUT2D eigenvalue weighted by Gasteiger charge is 2.44. The molecule has 4 aromatic heterocycles. The van der Waals surface area contributed by atoms with Gasteiger partial charge in [0.1, 0.15) is 11.6 Å². The fourth-order valence-corrected chi connectivity index (χ4v) is 4.22. The maximum Gasteiger partial charge on any atom is 0.229 e. The van der Waals surface area contributed by atoms with Crippen molar-refractivity contribution in [1.82, 2.24) is 24.7 Å². The number of amides is 1. The molecule has 1 aliphatic carbocycles. The van der Waals surface area contributed by atoms with Crippen LogP contribution in [0, 0.1) is 12.8 Å². The number of nitrogens with one attached hydrogen (secondary N) is 1. The van der Waals surface area contributed by atoms with Crippen LogP contribution in [0.1, 0.15) is 23.5 Å². The Hall–Kier alpha value is -3.89. The molecule has 180 valence electrons. The Morgan fingerprint density at radius 2 is 2.14 bits per heavy atom. The molecule has 0 radical (unpaired) electrons. The predicted octanol–water partition coefficient (Wildman–Crippen LogP) is 2.50. The van der Waals surface area contributed by atoms with E-state index in [1.165, 1.54) is 0 Å². The number of hydrogen-bond donors (Lipinski definition) is 3. The maximum atomic E-state index is 12.9. The largest absolute Gasteiger partial charge is 0.383 e. The second-order valence-corrected chi connectivity index (χ2v) is 8.75. The minimum Gasteiger partial charge on any atom is -0.383 e. The number of hydrogen-bond acceptors (Lipinski definition) is 8. The van der Waals surface area contributed by atoms with Gasteiger partial charge < -0.3 is 21.5 Å². The lowest BCUT2D eigenvalue weighted by molar-refractivity contribution is -0.117. The number of rotatable bonds is 9. The highest BCUT2D eigenvalue weighted by atomic mass is 16.5. The Bertz CT molecular complexity index is 1370. The first kappa shape index (κ1) is 22.9. The van der Waals surface area contributed by atoms with Crippen molar-refractivity contribution in [2.45, 2.75) is 25.8 Å².